The largest absolute Gasteiger partial charge is 0.478 e. The fourth-order valence-electron chi connectivity index (χ4n) is 2.58. The summed E-state index contributed by atoms with van der Waals surface area (Å²) in [5.41, 5.74) is 0. The van der Waals surface area contributed by atoms with Crippen LogP contribution in [0.5, 0.6) is 0 Å². The molecule has 0 fully saturated rings. The first-order valence-electron chi connectivity index (χ1n) is 8.38. The highest BCUT2D eigenvalue weighted by Crippen LogP contribution is 2.23. The summed E-state index contributed by atoms with van der Waals surface area (Å²) >= 11 is 0. The van der Waals surface area contributed by atoms with Crippen LogP contribution in [0.25, 0.3) is 0 Å². The zero-order valence-electron chi connectivity index (χ0n) is 14.2. The quantitative estimate of drug-likeness (QED) is 0.267. The monoisotopic (exact) mass is 361 g/mol. The third kappa shape index (κ3) is 6.28. The van der Waals surface area contributed by atoms with E-state index in [0.717, 1.165) is 25.3 Å². The molecule has 0 spiro atoms. The number of aliphatic hydroxyl groups is 4. The van der Waals surface area contributed by atoms with Crippen LogP contribution < -0.4 is 5.32 Å². The average Bonchev–Trinajstić information content (AvgIpc) is 2.58. The van der Waals surface area contributed by atoms with Crippen molar-refractivity contribution in [2.24, 2.45) is 0 Å². The average molecular weight is 361 g/mol. The number of nitrogens with one attached hydrogen (secondary N) is 1. The van der Waals surface area contributed by atoms with Crippen LogP contribution in [0.15, 0.2) is 11.8 Å². The molecule has 144 valence electrons. The lowest BCUT2D eigenvalue weighted by Gasteiger charge is -2.38. The lowest BCUT2D eigenvalue weighted by molar-refractivity contribution is -0.149. The van der Waals surface area contributed by atoms with Crippen molar-refractivity contribution in [3.8, 4) is 0 Å². The minimum atomic E-state index is -1.70. The van der Waals surface area contributed by atoms with Crippen LogP contribution in [0.4, 0.5) is 0 Å². The van der Waals surface area contributed by atoms with E-state index in [4.69, 9.17) is 14.9 Å². The first-order chi connectivity index (χ1) is 11.8. The molecular formula is C16H27NO8. The number of aliphatic carboxylic acids is 1. The number of hydrogen-bond donors (Lipinski definition) is 6. The van der Waals surface area contributed by atoms with Crippen LogP contribution in [0.2, 0.25) is 0 Å². The number of carbonyl (C=O) groups is 2. The molecule has 9 heteroatoms. The predicted molar refractivity (Wildman–Crippen MR) is 86.4 cm³/mol. The summed E-state index contributed by atoms with van der Waals surface area (Å²) in [5, 5.41) is 50.3. The Hall–Kier alpha value is -1.68. The number of ether oxygens (including phenoxy) is 1. The van der Waals surface area contributed by atoms with E-state index in [0.29, 0.717) is 6.42 Å². The van der Waals surface area contributed by atoms with E-state index in [1.807, 2.05) is 6.92 Å². The van der Waals surface area contributed by atoms with Crippen LogP contribution in [0.1, 0.15) is 39.0 Å². The van der Waals surface area contributed by atoms with Crippen molar-refractivity contribution in [2.75, 3.05) is 6.61 Å². The Labute approximate surface area is 145 Å². The summed E-state index contributed by atoms with van der Waals surface area (Å²) in [7, 11) is 0. The van der Waals surface area contributed by atoms with Gasteiger partial charge in [-0.15, -0.1) is 0 Å². The lowest BCUT2D eigenvalue weighted by Crippen LogP contribution is -2.60. The van der Waals surface area contributed by atoms with Crippen molar-refractivity contribution in [3.63, 3.8) is 0 Å². The maximum Gasteiger partial charge on any atom is 0.370 e. The Morgan fingerprint density at radius 2 is 1.96 bits per heavy atom. The number of unbranched alkanes of at least 4 members (excludes halogenated alkanes) is 3. The van der Waals surface area contributed by atoms with Gasteiger partial charge in [-0.25, -0.2) is 4.79 Å². The molecule has 25 heavy (non-hydrogen) atoms. The van der Waals surface area contributed by atoms with E-state index in [-0.39, 0.29) is 12.3 Å². The van der Waals surface area contributed by atoms with Gasteiger partial charge < -0.3 is 35.6 Å². The summed E-state index contributed by atoms with van der Waals surface area (Å²) in [4.78, 5) is 23.1. The van der Waals surface area contributed by atoms with Crippen molar-refractivity contribution in [2.45, 2.75) is 69.5 Å². The SMILES string of the molecule is CCCCCCC(=O)N[C@@H]1[C@@H](O)C=C(C(=O)O)O[C@H]1C(O)C(O)CO. The molecule has 2 unspecified atom stereocenters. The third-order valence-corrected chi connectivity index (χ3v) is 4.02. The minimum Gasteiger partial charge on any atom is -0.478 e. The van der Waals surface area contributed by atoms with Gasteiger partial charge in [0.1, 0.15) is 18.3 Å². The Kier molecular flexibility index (Phi) is 8.84. The third-order valence-electron chi connectivity index (χ3n) is 4.02. The molecule has 1 amide bonds. The molecule has 1 rings (SSSR count). The smallest absolute Gasteiger partial charge is 0.370 e. The highest BCUT2D eigenvalue weighted by Gasteiger charge is 2.43. The van der Waals surface area contributed by atoms with Gasteiger partial charge in [0.05, 0.1) is 12.6 Å². The van der Waals surface area contributed by atoms with Crippen LogP contribution in [-0.2, 0) is 14.3 Å². The summed E-state index contributed by atoms with van der Waals surface area (Å²) in [6.45, 7) is 1.25. The van der Waals surface area contributed by atoms with Gasteiger partial charge in [-0.1, -0.05) is 26.2 Å². The number of carboxylic acid groups (broad SMARTS) is 1. The van der Waals surface area contributed by atoms with Gasteiger partial charge in [0.15, 0.2) is 6.10 Å². The standard InChI is InChI=1S/C16H27NO8/c1-2-3-4-5-6-12(21)17-13-9(19)7-11(16(23)24)25-15(13)14(22)10(20)8-18/h7,9-10,13-15,18-20,22H,2-6,8H2,1H3,(H,17,21)(H,23,24)/t9-,10?,13+,14?,15+/m0/s1. The number of carbonyl (C=O) groups excluding carboxylic acids is 1. The van der Waals surface area contributed by atoms with Gasteiger partial charge in [0, 0.05) is 6.42 Å². The van der Waals surface area contributed by atoms with Crippen LogP contribution in [0.3, 0.4) is 0 Å². The van der Waals surface area contributed by atoms with E-state index in [9.17, 15) is 24.9 Å². The van der Waals surface area contributed by atoms with Gasteiger partial charge in [-0.2, -0.15) is 0 Å². The zero-order valence-corrected chi connectivity index (χ0v) is 14.2. The molecule has 0 saturated carbocycles. The van der Waals surface area contributed by atoms with E-state index in [1.165, 1.54) is 0 Å². The zero-order chi connectivity index (χ0) is 19.0. The molecule has 1 aliphatic heterocycles. The summed E-state index contributed by atoms with van der Waals surface area (Å²) in [6, 6.07) is -1.15. The molecule has 0 bridgehead atoms. The van der Waals surface area contributed by atoms with Crippen LogP contribution in [-0.4, -0.2) is 74.5 Å². The topological polar surface area (TPSA) is 157 Å². The molecule has 6 N–H and O–H groups in total. The number of hydrogen-bond acceptors (Lipinski definition) is 7. The van der Waals surface area contributed by atoms with Gasteiger partial charge in [-0.05, 0) is 12.5 Å². The maximum atomic E-state index is 12.0. The molecule has 0 aromatic carbocycles. The summed E-state index contributed by atoms with van der Waals surface area (Å²) < 4.78 is 5.13. The minimum absolute atomic E-state index is 0.212. The molecule has 1 heterocycles. The van der Waals surface area contributed by atoms with E-state index in [1.54, 1.807) is 0 Å². The molecule has 1 aliphatic rings. The van der Waals surface area contributed by atoms with Gasteiger partial charge in [0.25, 0.3) is 0 Å². The Morgan fingerprint density at radius 3 is 2.52 bits per heavy atom. The van der Waals surface area contributed by atoms with Gasteiger partial charge >= 0.3 is 5.97 Å². The maximum absolute atomic E-state index is 12.0. The van der Waals surface area contributed by atoms with Gasteiger partial charge in [-0.3, -0.25) is 4.79 Å². The molecule has 0 aliphatic carbocycles. The molecule has 9 nitrogen and oxygen atoms in total. The Balaban J connectivity index is 2.83. The number of carboxylic acids is 1. The van der Waals surface area contributed by atoms with E-state index >= 15 is 0 Å². The van der Waals surface area contributed by atoms with Crippen molar-refractivity contribution < 1.29 is 39.9 Å². The highest BCUT2D eigenvalue weighted by atomic mass is 16.5. The number of rotatable bonds is 10. The second-order valence-electron chi connectivity index (χ2n) is 6.05. The number of aliphatic hydroxyl groups excluding tert-OH is 4. The number of amides is 1. The molecule has 0 radical (unpaired) electrons. The molecule has 0 aromatic rings. The van der Waals surface area contributed by atoms with E-state index < -0.39 is 48.8 Å². The van der Waals surface area contributed by atoms with Crippen LogP contribution >= 0.6 is 0 Å². The summed E-state index contributed by atoms with van der Waals surface area (Å²) in [5.74, 6) is -2.44. The molecule has 0 saturated heterocycles. The molecule has 5 atom stereocenters. The Morgan fingerprint density at radius 1 is 1.28 bits per heavy atom. The fourth-order valence-corrected chi connectivity index (χ4v) is 2.58. The van der Waals surface area contributed by atoms with E-state index in [2.05, 4.69) is 5.32 Å². The van der Waals surface area contributed by atoms with Crippen molar-refractivity contribution in [1.82, 2.24) is 5.32 Å². The highest BCUT2D eigenvalue weighted by molar-refractivity contribution is 5.84. The van der Waals surface area contributed by atoms with Gasteiger partial charge in [0.2, 0.25) is 11.7 Å². The van der Waals surface area contributed by atoms with Crippen molar-refractivity contribution in [3.05, 3.63) is 11.8 Å². The van der Waals surface area contributed by atoms with Crippen LogP contribution in [0, 0.1) is 0 Å². The summed E-state index contributed by atoms with van der Waals surface area (Å²) in [6.07, 6.45) is -1.48. The van der Waals surface area contributed by atoms with Crippen molar-refractivity contribution in [1.29, 1.82) is 0 Å². The lowest BCUT2D eigenvalue weighted by atomic mass is 9.93. The first kappa shape index (κ1) is 21.4. The molecule has 0 aromatic heterocycles. The predicted octanol–water partition coefficient (Wildman–Crippen LogP) is -1.12. The normalized spacial score (nSPS) is 25.5. The second kappa shape index (κ2) is 10.3. The first-order valence-corrected chi connectivity index (χ1v) is 8.38. The second-order valence-corrected chi connectivity index (χ2v) is 6.05. The Bertz CT molecular complexity index is 481. The fraction of sp³-hybridized carbons (Fsp3) is 0.750. The van der Waals surface area contributed by atoms with Crippen molar-refractivity contribution >= 4 is 11.9 Å². The molecular weight excluding hydrogens is 334 g/mol.